The van der Waals surface area contributed by atoms with E-state index in [1.165, 1.54) is 4.68 Å². The summed E-state index contributed by atoms with van der Waals surface area (Å²) in [7, 11) is 3.71. The molecule has 0 saturated carbocycles. The first-order valence-electron chi connectivity index (χ1n) is 7.84. The van der Waals surface area contributed by atoms with E-state index in [9.17, 15) is 4.79 Å². The molecule has 0 bridgehead atoms. The lowest BCUT2D eigenvalue weighted by atomic mass is 10.1. The van der Waals surface area contributed by atoms with Crippen molar-refractivity contribution in [3.8, 4) is 0 Å². The molecule has 0 atom stereocenters. The molecule has 1 aliphatic heterocycles. The summed E-state index contributed by atoms with van der Waals surface area (Å²) in [4.78, 5) is 24.8. The maximum absolute atomic E-state index is 11.7. The van der Waals surface area contributed by atoms with Crippen LogP contribution in [0.4, 0.5) is 11.5 Å². The van der Waals surface area contributed by atoms with Gasteiger partial charge in [0.1, 0.15) is 12.1 Å². The number of hydrogen-bond acceptors (Lipinski definition) is 6. The number of nitrogens with zero attached hydrogens (tertiary/aromatic N) is 6. The molecule has 1 aliphatic rings. The van der Waals surface area contributed by atoms with Crippen molar-refractivity contribution >= 4 is 22.4 Å². The highest BCUT2D eigenvalue weighted by Gasteiger charge is 2.32. The number of fused-ring (bicyclic) bond motifs is 1. The highest BCUT2D eigenvalue weighted by Crippen LogP contribution is 2.27. The third-order valence-corrected chi connectivity index (χ3v) is 4.58. The van der Waals surface area contributed by atoms with Crippen LogP contribution in [0.3, 0.4) is 0 Å². The Morgan fingerprint density at radius 2 is 2.00 bits per heavy atom. The van der Waals surface area contributed by atoms with E-state index in [2.05, 4.69) is 31.9 Å². The molecule has 2 aromatic heterocycles. The molecule has 3 heterocycles. The summed E-state index contributed by atoms with van der Waals surface area (Å²) in [5.74, 6) is 0.937. The summed E-state index contributed by atoms with van der Waals surface area (Å²) < 4.78 is 1.33. The average Bonchev–Trinajstić information content (AvgIpc) is 2.56. The van der Waals surface area contributed by atoms with Crippen LogP contribution in [0, 0.1) is 0 Å². The molecule has 1 aromatic carbocycles. The molecule has 24 heavy (non-hydrogen) atoms. The van der Waals surface area contributed by atoms with Crippen molar-refractivity contribution in [1.82, 2.24) is 19.7 Å². The Kier molecular flexibility index (Phi) is 3.41. The van der Waals surface area contributed by atoms with Crippen LogP contribution in [0.2, 0.25) is 0 Å². The molecular formula is C17H18N6O. The minimum Gasteiger partial charge on any atom is -0.366 e. The Morgan fingerprint density at radius 3 is 2.79 bits per heavy atom. The monoisotopic (exact) mass is 322 g/mol. The zero-order valence-electron chi connectivity index (χ0n) is 13.6. The predicted octanol–water partition coefficient (Wildman–Crippen LogP) is 1.05. The van der Waals surface area contributed by atoms with Crippen LogP contribution in [-0.4, -0.2) is 45.9 Å². The van der Waals surface area contributed by atoms with Gasteiger partial charge in [-0.25, -0.2) is 14.6 Å². The van der Waals surface area contributed by atoms with Gasteiger partial charge in [-0.3, -0.25) is 4.79 Å². The molecule has 1 saturated heterocycles. The molecule has 122 valence electrons. The summed E-state index contributed by atoms with van der Waals surface area (Å²) in [5, 5.41) is 5.13. The zero-order valence-corrected chi connectivity index (χ0v) is 13.6. The van der Waals surface area contributed by atoms with Crippen molar-refractivity contribution in [2.75, 3.05) is 29.9 Å². The van der Waals surface area contributed by atoms with Gasteiger partial charge < -0.3 is 9.80 Å². The van der Waals surface area contributed by atoms with E-state index in [-0.39, 0.29) is 5.56 Å². The number of para-hydroxylation sites is 1. The van der Waals surface area contributed by atoms with Crippen LogP contribution in [-0.2, 0) is 7.05 Å². The quantitative estimate of drug-likeness (QED) is 0.718. The number of hydrogen-bond donors (Lipinski definition) is 0. The molecule has 3 aromatic rings. The molecule has 0 amide bonds. The predicted molar refractivity (Wildman–Crippen MR) is 93.4 cm³/mol. The SMILES string of the molecule is CN(c1ncnc2ccccc12)C1CN(c2cnn(C)c(=O)c2)C1. The van der Waals surface area contributed by atoms with E-state index in [4.69, 9.17) is 0 Å². The highest BCUT2D eigenvalue weighted by atomic mass is 16.1. The number of rotatable bonds is 3. The van der Waals surface area contributed by atoms with Gasteiger partial charge in [0.2, 0.25) is 0 Å². The van der Waals surface area contributed by atoms with Gasteiger partial charge in [-0.2, -0.15) is 5.10 Å². The topological polar surface area (TPSA) is 67.2 Å². The Hall–Kier alpha value is -2.96. The van der Waals surface area contributed by atoms with E-state index < -0.39 is 0 Å². The summed E-state index contributed by atoms with van der Waals surface area (Å²) in [6.07, 6.45) is 3.34. The smallest absolute Gasteiger partial charge is 0.268 e. The van der Waals surface area contributed by atoms with Crippen molar-refractivity contribution in [3.05, 3.63) is 53.2 Å². The number of likely N-dealkylation sites (N-methyl/N-ethyl adjacent to an activating group) is 1. The first-order chi connectivity index (χ1) is 11.6. The summed E-state index contributed by atoms with van der Waals surface area (Å²) in [6.45, 7) is 1.67. The summed E-state index contributed by atoms with van der Waals surface area (Å²) in [5.41, 5.74) is 1.72. The van der Waals surface area contributed by atoms with Crippen LogP contribution in [0.25, 0.3) is 10.9 Å². The minimum absolute atomic E-state index is 0.0916. The molecule has 7 nitrogen and oxygen atoms in total. The lowest BCUT2D eigenvalue weighted by Crippen LogP contribution is -2.59. The highest BCUT2D eigenvalue weighted by molar-refractivity contribution is 5.89. The molecule has 0 radical (unpaired) electrons. The fourth-order valence-electron chi connectivity index (χ4n) is 2.99. The van der Waals surface area contributed by atoms with Gasteiger partial charge in [-0.05, 0) is 12.1 Å². The van der Waals surface area contributed by atoms with Gasteiger partial charge >= 0.3 is 0 Å². The number of anilines is 2. The normalized spacial score (nSPS) is 14.7. The molecule has 4 rings (SSSR count). The summed E-state index contributed by atoms with van der Waals surface area (Å²) >= 11 is 0. The van der Waals surface area contributed by atoms with Gasteiger partial charge in [0, 0.05) is 38.6 Å². The van der Waals surface area contributed by atoms with E-state index in [0.717, 1.165) is 35.5 Å². The minimum atomic E-state index is -0.0916. The Balaban J connectivity index is 1.54. The fraction of sp³-hybridized carbons (Fsp3) is 0.294. The maximum Gasteiger partial charge on any atom is 0.268 e. The van der Waals surface area contributed by atoms with Crippen molar-refractivity contribution in [1.29, 1.82) is 0 Å². The standard InChI is InChI=1S/C17H18N6O/c1-21(17-14-5-3-4-6-15(14)18-11-19-17)13-9-23(10-13)12-7-16(24)22(2)20-8-12/h3-8,11,13H,9-10H2,1-2H3. The molecule has 7 heteroatoms. The third kappa shape index (κ3) is 2.38. The first kappa shape index (κ1) is 14.6. The number of benzene rings is 1. The van der Waals surface area contributed by atoms with E-state index >= 15 is 0 Å². The van der Waals surface area contributed by atoms with E-state index in [0.29, 0.717) is 6.04 Å². The molecule has 0 N–H and O–H groups in total. The number of aromatic nitrogens is 4. The fourth-order valence-corrected chi connectivity index (χ4v) is 2.99. The molecule has 1 fully saturated rings. The maximum atomic E-state index is 11.7. The van der Waals surface area contributed by atoms with Gasteiger partial charge in [0.05, 0.1) is 23.4 Å². The first-order valence-corrected chi connectivity index (χ1v) is 7.84. The Morgan fingerprint density at radius 1 is 1.21 bits per heavy atom. The van der Waals surface area contributed by atoms with E-state index in [1.807, 2.05) is 24.3 Å². The second-order valence-corrected chi connectivity index (χ2v) is 6.06. The van der Waals surface area contributed by atoms with Gasteiger partial charge in [-0.1, -0.05) is 12.1 Å². The average molecular weight is 322 g/mol. The van der Waals surface area contributed by atoms with Crippen LogP contribution in [0.1, 0.15) is 0 Å². The summed E-state index contributed by atoms with van der Waals surface area (Å²) in [6, 6.07) is 9.99. The Bertz CT molecular complexity index is 942. The molecule has 0 spiro atoms. The van der Waals surface area contributed by atoms with Crippen LogP contribution in [0.5, 0.6) is 0 Å². The van der Waals surface area contributed by atoms with Crippen molar-refractivity contribution in [2.45, 2.75) is 6.04 Å². The second kappa shape index (κ2) is 5.59. The van der Waals surface area contributed by atoms with Crippen molar-refractivity contribution in [3.63, 3.8) is 0 Å². The lowest BCUT2D eigenvalue weighted by Gasteiger charge is -2.45. The Labute approximate surface area is 139 Å². The van der Waals surface area contributed by atoms with Crippen LogP contribution < -0.4 is 15.4 Å². The number of aryl methyl sites for hydroxylation is 1. The van der Waals surface area contributed by atoms with Gasteiger partial charge in [0.25, 0.3) is 5.56 Å². The third-order valence-electron chi connectivity index (χ3n) is 4.58. The van der Waals surface area contributed by atoms with E-state index in [1.54, 1.807) is 25.6 Å². The molecular weight excluding hydrogens is 304 g/mol. The van der Waals surface area contributed by atoms with Crippen molar-refractivity contribution in [2.24, 2.45) is 7.05 Å². The van der Waals surface area contributed by atoms with Crippen LogP contribution in [0.15, 0.2) is 47.7 Å². The second-order valence-electron chi connectivity index (χ2n) is 6.06. The largest absolute Gasteiger partial charge is 0.366 e. The zero-order chi connectivity index (χ0) is 16.7. The van der Waals surface area contributed by atoms with Crippen LogP contribution >= 0.6 is 0 Å². The van der Waals surface area contributed by atoms with Gasteiger partial charge in [-0.15, -0.1) is 0 Å². The van der Waals surface area contributed by atoms with Crippen molar-refractivity contribution < 1.29 is 0 Å². The molecule has 0 aliphatic carbocycles. The molecule has 0 unspecified atom stereocenters. The lowest BCUT2D eigenvalue weighted by molar-refractivity contribution is 0.492. The van der Waals surface area contributed by atoms with Gasteiger partial charge in [0.15, 0.2) is 0 Å².